The number of benzene rings is 1. The van der Waals surface area contributed by atoms with Crippen LogP contribution in [0.1, 0.15) is 19.4 Å². The molecule has 0 radical (unpaired) electrons. The highest BCUT2D eigenvalue weighted by Crippen LogP contribution is 2.22. The maximum atomic E-state index is 9.66. The van der Waals surface area contributed by atoms with Gasteiger partial charge in [0, 0.05) is 30.6 Å². The predicted molar refractivity (Wildman–Crippen MR) is 115 cm³/mol. The van der Waals surface area contributed by atoms with Gasteiger partial charge in [-0.3, -0.25) is 4.98 Å². The van der Waals surface area contributed by atoms with E-state index in [4.69, 9.17) is 4.74 Å². The summed E-state index contributed by atoms with van der Waals surface area (Å²) in [5.74, 6) is 2.20. The summed E-state index contributed by atoms with van der Waals surface area (Å²) in [4.78, 5) is 13.4. The third-order valence-electron chi connectivity index (χ3n) is 4.61. The van der Waals surface area contributed by atoms with Crippen molar-refractivity contribution in [1.29, 1.82) is 0 Å². The number of nitrogens with one attached hydrogen (secondary N) is 2. The predicted octanol–water partition coefficient (Wildman–Crippen LogP) is 3.59. The van der Waals surface area contributed by atoms with Crippen molar-refractivity contribution < 1.29 is 9.84 Å². The SMILES string of the molecule is COc1cccc(CNc2cc(-c3cccnc3)nc(N[C@@H](CO)C(C)C)n2)c1. The quantitative estimate of drug-likeness (QED) is 0.512. The summed E-state index contributed by atoms with van der Waals surface area (Å²) in [5.41, 5.74) is 2.73. The van der Waals surface area contributed by atoms with Crippen LogP contribution in [0.3, 0.4) is 0 Å². The number of pyridine rings is 1. The molecule has 2 aromatic heterocycles. The van der Waals surface area contributed by atoms with Gasteiger partial charge in [0.05, 0.1) is 25.5 Å². The molecule has 1 aromatic carbocycles. The molecule has 3 N–H and O–H groups in total. The number of aliphatic hydroxyl groups excluding tert-OH is 1. The van der Waals surface area contributed by atoms with E-state index in [1.54, 1.807) is 19.5 Å². The number of ether oxygens (including phenoxy) is 1. The zero-order valence-corrected chi connectivity index (χ0v) is 17.0. The molecule has 0 aliphatic heterocycles. The molecule has 0 bridgehead atoms. The molecule has 7 nitrogen and oxygen atoms in total. The average Bonchev–Trinajstić information content (AvgIpc) is 2.76. The van der Waals surface area contributed by atoms with Crippen molar-refractivity contribution in [3.8, 4) is 17.0 Å². The Kier molecular flexibility index (Phi) is 6.97. The second-order valence-electron chi connectivity index (χ2n) is 7.09. The lowest BCUT2D eigenvalue weighted by Gasteiger charge is -2.20. The van der Waals surface area contributed by atoms with Crippen molar-refractivity contribution in [2.45, 2.75) is 26.4 Å². The lowest BCUT2D eigenvalue weighted by Crippen LogP contribution is -2.30. The van der Waals surface area contributed by atoms with Crippen molar-refractivity contribution in [3.63, 3.8) is 0 Å². The number of rotatable bonds is 9. The van der Waals surface area contributed by atoms with Crippen molar-refractivity contribution in [3.05, 3.63) is 60.4 Å². The Morgan fingerprint density at radius 1 is 1.10 bits per heavy atom. The number of anilines is 2. The van der Waals surface area contributed by atoms with Gasteiger partial charge in [-0.2, -0.15) is 4.98 Å². The summed E-state index contributed by atoms with van der Waals surface area (Å²) < 4.78 is 5.29. The van der Waals surface area contributed by atoms with Crippen LogP contribution in [0, 0.1) is 5.92 Å². The van der Waals surface area contributed by atoms with Gasteiger partial charge in [-0.1, -0.05) is 26.0 Å². The highest BCUT2D eigenvalue weighted by atomic mass is 16.5. The summed E-state index contributed by atoms with van der Waals surface area (Å²) in [7, 11) is 1.65. The first-order valence-corrected chi connectivity index (χ1v) is 9.62. The van der Waals surface area contributed by atoms with Crippen molar-refractivity contribution >= 4 is 11.8 Å². The van der Waals surface area contributed by atoms with E-state index in [0.29, 0.717) is 18.3 Å². The number of aliphatic hydroxyl groups is 1. The Hall–Kier alpha value is -3.19. The van der Waals surface area contributed by atoms with E-state index in [1.807, 2.05) is 56.3 Å². The average molecular weight is 393 g/mol. The molecule has 0 saturated carbocycles. The largest absolute Gasteiger partial charge is 0.497 e. The molecule has 7 heteroatoms. The first-order chi connectivity index (χ1) is 14.1. The number of hydrogen-bond donors (Lipinski definition) is 3. The van der Waals surface area contributed by atoms with Gasteiger partial charge in [-0.25, -0.2) is 4.98 Å². The van der Waals surface area contributed by atoms with Crippen LogP contribution in [0.2, 0.25) is 0 Å². The first-order valence-electron chi connectivity index (χ1n) is 9.62. The molecule has 0 spiro atoms. The Balaban J connectivity index is 1.87. The fraction of sp³-hybridized carbons (Fsp3) is 0.318. The molecule has 29 heavy (non-hydrogen) atoms. The summed E-state index contributed by atoms with van der Waals surface area (Å²) in [6, 6.07) is 13.5. The smallest absolute Gasteiger partial charge is 0.225 e. The molecule has 152 valence electrons. The second kappa shape index (κ2) is 9.84. The van der Waals surface area contributed by atoms with Crippen LogP contribution in [-0.2, 0) is 6.54 Å². The van der Waals surface area contributed by atoms with Gasteiger partial charge in [0.1, 0.15) is 11.6 Å². The molecule has 1 atom stereocenters. The van der Waals surface area contributed by atoms with Gasteiger partial charge >= 0.3 is 0 Å². The highest BCUT2D eigenvalue weighted by molar-refractivity contribution is 5.63. The maximum absolute atomic E-state index is 9.66. The lowest BCUT2D eigenvalue weighted by atomic mass is 10.1. The molecule has 3 aromatic rings. The number of nitrogens with zero attached hydrogens (tertiary/aromatic N) is 3. The van der Waals surface area contributed by atoms with Gasteiger partial charge < -0.3 is 20.5 Å². The molecule has 0 unspecified atom stereocenters. The number of hydrogen-bond acceptors (Lipinski definition) is 7. The Labute approximate surface area is 171 Å². The summed E-state index contributed by atoms with van der Waals surface area (Å²) >= 11 is 0. The third-order valence-corrected chi connectivity index (χ3v) is 4.61. The minimum atomic E-state index is -0.134. The fourth-order valence-corrected chi connectivity index (χ4v) is 2.83. The molecule has 0 aliphatic carbocycles. The molecular weight excluding hydrogens is 366 g/mol. The lowest BCUT2D eigenvalue weighted by molar-refractivity contribution is 0.248. The van der Waals surface area contributed by atoms with Crippen LogP contribution in [0.25, 0.3) is 11.3 Å². The van der Waals surface area contributed by atoms with E-state index in [9.17, 15) is 5.11 Å². The monoisotopic (exact) mass is 393 g/mol. The highest BCUT2D eigenvalue weighted by Gasteiger charge is 2.15. The molecule has 3 rings (SSSR count). The third kappa shape index (κ3) is 5.65. The van der Waals surface area contributed by atoms with E-state index in [0.717, 1.165) is 22.6 Å². The van der Waals surface area contributed by atoms with E-state index in [2.05, 4.69) is 25.6 Å². The Morgan fingerprint density at radius 3 is 2.66 bits per heavy atom. The minimum absolute atomic E-state index is 0.00468. The Bertz CT molecular complexity index is 918. The van der Waals surface area contributed by atoms with E-state index >= 15 is 0 Å². The van der Waals surface area contributed by atoms with Gasteiger partial charge in [0.2, 0.25) is 5.95 Å². The minimum Gasteiger partial charge on any atom is -0.497 e. The van der Waals surface area contributed by atoms with Crippen LogP contribution in [0.4, 0.5) is 11.8 Å². The molecular formula is C22H27N5O2. The standard InChI is InChI=1S/C22H27N5O2/c1-15(2)20(14-28)26-22-25-19(17-7-5-9-23-13-17)11-21(27-22)24-12-16-6-4-8-18(10-16)29-3/h4-11,13,15,20,28H,12,14H2,1-3H3,(H2,24,25,26,27)/t20-/m0/s1. The van der Waals surface area contributed by atoms with Crippen LogP contribution in [0.5, 0.6) is 5.75 Å². The van der Waals surface area contributed by atoms with E-state index in [-0.39, 0.29) is 18.6 Å². The van der Waals surface area contributed by atoms with Crippen molar-refractivity contribution in [2.24, 2.45) is 5.92 Å². The molecule has 0 amide bonds. The van der Waals surface area contributed by atoms with Crippen molar-refractivity contribution in [1.82, 2.24) is 15.0 Å². The zero-order valence-electron chi connectivity index (χ0n) is 17.0. The van der Waals surface area contributed by atoms with Crippen LogP contribution < -0.4 is 15.4 Å². The van der Waals surface area contributed by atoms with Crippen LogP contribution >= 0.6 is 0 Å². The summed E-state index contributed by atoms with van der Waals surface area (Å²) in [6.07, 6.45) is 3.50. The fourth-order valence-electron chi connectivity index (χ4n) is 2.83. The van der Waals surface area contributed by atoms with Crippen LogP contribution in [-0.4, -0.2) is 39.8 Å². The van der Waals surface area contributed by atoms with Gasteiger partial charge in [0.15, 0.2) is 0 Å². The van der Waals surface area contributed by atoms with Gasteiger partial charge in [-0.15, -0.1) is 0 Å². The normalized spacial score (nSPS) is 11.9. The second-order valence-corrected chi connectivity index (χ2v) is 7.09. The van der Waals surface area contributed by atoms with Gasteiger partial charge in [0.25, 0.3) is 0 Å². The maximum Gasteiger partial charge on any atom is 0.225 e. The summed E-state index contributed by atoms with van der Waals surface area (Å²) in [6.45, 7) is 4.68. The molecule has 2 heterocycles. The molecule has 0 aliphatic rings. The van der Waals surface area contributed by atoms with Crippen LogP contribution in [0.15, 0.2) is 54.9 Å². The molecule has 0 saturated heterocycles. The number of aromatic nitrogens is 3. The Morgan fingerprint density at radius 2 is 1.97 bits per heavy atom. The summed E-state index contributed by atoms with van der Waals surface area (Å²) in [5, 5.41) is 16.3. The number of methoxy groups -OCH3 is 1. The van der Waals surface area contributed by atoms with E-state index < -0.39 is 0 Å². The van der Waals surface area contributed by atoms with E-state index in [1.165, 1.54) is 0 Å². The zero-order chi connectivity index (χ0) is 20.6. The first kappa shape index (κ1) is 20.5. The topological polar surface area (TPSA) is 92.2 Å². The molecule has 0 fully saturated rings. The van der Waals surface area contributed by atoms with Gasteiger partial charge in [-0.05, 0) is 35.7 Å². The van der Waals surface area contributed by atoms with Crippen molar-refractivity contribution in [2.75, 3.05) is 24.4 Å².